The summed E-state index contributed by atoms with van der Waals surface area (Å²) in [6, 6.07) is 8.33. The fraction of sp³-hybridized carbons (Fsp3) is 0.632. The molecule has 0 N–H and O–H groups in total. The quantitative estimate of drug-likeness (QED) is 0.167. The van der Waals surface area contributed by atoms with Crippen molar-refractivity contribution in [2.24, 2.45) is 0 Å². The maximum Gasteiger partial charge on any atom is 1.00 e. The van der Waals surface area contributed by atoms with Gasteiger partial charge in [-0.2, -0.15) is 8.42 Å². The Hall–Kier alpha value is 1.40. The Balaban J connectivity index is -0.000000408. The number of benzene rings is 1. The van der Waals surface area contributed by atoms with E-state index in [0.717, 1.165) is 12.8 Å². The van der Waals surface area contributed by atoms with E-state index in [1.165, 1.54) is 51.4 Å². The largest absolute Gasteiger partial charge is 1.00 e. The Morgan fingerprint density at radius 3 is 1.59 bits per heavy atom. The van der Waals surface area contributed by atoms with E-state index in [0.29, 0.717) is 0 Å². The molecule has 1 rings (SSSR count). The van der Waals surface area contributed by atoms with Crippen LogP contribution in [0.25, 0.3) is 0 Å². The van der Waals surface area contributed by atoms with Gasteiger partial charge in [0, 0.05) is 0 Å². The zero-order valence-electron chi connectivity index (χ0n) is 18.5. The molecule has 0 spiro atoms. The molecule has 0 saturated carbocycles. The molecule has 29 heavy (non-hydrogen) atoms. The van der Waals surface area contributed by atoms with E-state index in [-0.39, 0.29) is 100 Å². The molecule has 1 aromatic carbocycles. The topological polar surface area (TPSA) is 107 Å². The average molecular weight is 455 g/mol. The van der Waals surface area contributed by atoms with E-state index >= 15 is 0 Å². The summed E-state index contributed by atoms with van der Waals surface area (Å²) < 4.78 is 28.8. The molecule has 0 aliphatic carbocycles. The van der Waals surface area contributed by atoms with Crippen LogP contribution in [0.2, 0.25) is 0 Å². The number of carbonyl (C=O) groups excluding carboxylic acids is 1. The van der Waals surface area contributed by atoms with Gasteiger partial charge in [-0.3, -0.25) is 4.18 Å². The van der Waals surface area contributed by atoms with Crippen LogP contribution in [-0.2, 0) is 14.3 Å². The van der Waals surface area contributed by atoms with Crippen molar-refractivity contribution in [3.8, 4) is 0 Å². The van der Waals surface area contributed by atoms with E-state index in [2.05, 4.69) is 6.92 Å². The van der Waals surface area contributed by atoms with Crippen LogP contribution in [0.15, 0.2) is 35.2 Å². The Morgan fingerprint density at radius 1 is 0.793 bits per heavy atom. The standard InChI is InChI=1S/C18H30O3S.CH2O3.3Na/c1-2-3-4-5-6-7-8-9-10-14-17-21-22(19,20)18-15-12-11-13-16-18;2-1(3)4;;;/h11-13,15-16H,2-10,14,17H2,1H3;(H2,2,3,4);;;/q;;3*+1/p-2. The predicted molar refractivity (Wildman–Crippen MR) is 96.8 cm³/mol. The second-order valence-corrected chi connectivity index (χ2v) is 7.64. The molecule has 0 bridgehead atoms. The fourth-order valence-corrected chi connectivity index (χ4v) is 3.38. The third kappa shape index (κ3) is 25.5. The van der Waals surface area contributed by atoms with E-state index in [1.54, 1.807) is 30.3 Å². The number of hydrogen-bond donors (Lipinski definition) is 0. The molecular formula is C19H30Na3O6S+. The van der Waals surface area contributed by atoms with Crippen molar-refractivity contribution in [3.63, 3.8) is 0 Å². The van der Waals surface area contributed by atoms with Crippen molar-refractivity contribution in [2.75, 3.05) is 6.61 Å². The van der Waals surface area contributed by atoms with Gasteiger partial charge in [-0.25, -0.2) is 0 Å². The van der Waals surface area contributed by atoms with Crippen LogP contribution in [0.5, 0.6) is 0 Å². The van der Waals surface area contributed by atoms with E-state index in [4.69, 9.17) is 19.2 Å². The van der Waals surface area contributed by atoms with Crippen molar-refractivity contribution in [1.29, 1.82) is 0 Å². The molecule has 0 amide bonds. The predicted octanol–water partition coefficient (Wildman–Crippen LogP) is -6.12. The Bertz CT molecular complexity index is 567. The van der Waals surface area contributed by atoms with Crippen LogP contribution in [0.1, 0.15) is 71.1 Å². The molecule has 150 valence electrons. The molecule has 10 heteroatoms. The van der Waals surface area contributed by atoms with Gasteiger partial charge in [0.1, 0.15) is 0 Å². The molecule has 0 saturated heterocycles. The van der Waals surface area contributed by atoms with Gasteiger partial charge < -0.3 is 15.0 Å². The zero-order valence-corrected chi connectivity index (χ0v) is 25.3. The molecule has 6 nitrogen and oxygen atoms in total. The SMILES string of the molecule is CCCCCCCCCCCCOS(=O)(=O)c1ccccc1.O=C([O-])[O-].[Na+].[Na+].[Na+]. The summed E-state index contributed by atoms with van der Waals surface area (Å²) >= 11 is 0. The van der Waals surface area contributed by atoms with E-state index in [1.807, 2.05) is 0 Å². The molecule has 0 aliphatic heterocycles. The second kappa shape index (κ2) is 25.7. The van der Waals surface area contributed by atoms with Crippen molar-refractivity contribution in [3.05, 3.63) is 30.3 Å². The number of carbonyl (C=O) groups is 1. The Morgan fingerprint density at radius 2 is 1.17 bits per heavy atom. The van der Waals surface area contributed by atoms with Gasteiger partial charge in [0.15, 0.2) is 0 Å². The van der Waals surface area contributed by atoms with Crippen LogP contribution < -0.4 is 98.9 Å². The first-order chi connectivity index (χ1) is 12.4. The fourth-order valence-electron chi connectivity index (χ4n) is 2.41. The summed E-state index contributed by atoms with van der Waals surface area (Å²) in [6.45, 7) is 2.52. The molecule has 0 heterocycles. The average Bonchev–Trinajstić information content (AvgIpc) is 2.60. The molecule has 0 aromatic heterocycles. The van der Waals surface area contributed by atoms with Crippen LogP contribution >= 0.6 is 0 Å². The van der Waals surface area contributed by atoms with Gasteiger partial charge in [-0.05, 0) is 24.7 Å². The van der Waals surface area contributed by atoms with Crippen molar-refractivity contribution < 1.29 is 116 Å². The van der Waals surface area contributed by atoms with Gasteiger partial charge in [0.05, 0.1) is 11.5 Å². The molecule has 0 atom stereocenters. The van der Waals surface area contributed by atoms with Gasteiger partial charge in [-0.1, -0.05) is 82.9 Å². The third-order valence-electron chi connectivity index (χ3n) is 3.77. The van der Waals surface area contributed by atoms with Crippen LogP contribution in [-0.4, -0.2) is 21.2 Å². The summed E-state index contributed by atoms with van der Waals surface area (Å²) in [7, 11) is -3.57. The summed E-state index contributed by atoms with van der Waals surface area (Å²) in [5.74, 6) is 0. The Kier molecular flexibility index (Phi) is 33.4. The van der Waals surface area contributed by atoms with Crippen LogP contribution in [0.3, 0.4) is 0 Å². The Labute approximate surface area is 242 Å². The van der Waals surface area contributed by atoms with Crippen molar-refractivity contribution in [1.82, 2.24) is 0 Å². The normalized spacial score (nSPS) is 9.69. The molecule has 0 radical (unpaired) electrons. The molecular weight excluding hydrogens is 425 g/mol. The monoisotopic (exact) mass is 455 g/mol. The van der Waals surface area contributed by atoms with Gasteiger partial charge in [-0.15, -0.1) is 0 Å². The van der Waals surface area contributed by atoms with Gasteiger partial charge >= 0.3 is 88.7 Å². The first kappa shape index (κ1) is 37.7. The zero-order chi connectivity index (χ0) is 19.7. The minimum Gasteiger partial charge on any atom is -0.652 e. The number of rotatable bonds is 13. The van der Waals surface area contributed by atoms with Crippen LogP contribution in [0, 0.1) is 0 Å². The van der Waals surface area contributed by atoms with Crippen molar-refractivity contribution >= 4 is 16.3 Å². The smallest absolute Gasteiger partial charge is 0.652 e. The first-order valence-electron chi connectivity index (χ1n) is 9.22. The molecule has 1 aromatic rings. The molecule has 0 aliphatic rings. The molecule has 0 fully saturated rings. The minimum absolute atomic E-state index is 0. The minimum atomic E-state index is -3.57. The summed E-state index contributed by atoms with van der Waals surface area (Å²) in [5.41, 5.74) is 0. The maximum atomic E-state index is 11.9. The van der Waals surface area contributed by atoms with Gasteiger partial charge in [0.2, 0.25) is 0 Å². The number of carboxylic acid groups (broad SMARTS) is 2. The summed E-state index contributed by atoms with van der Waals surface area (Å²) in [4.78, 5) is 8.57. The third-order valence-corrected chi connectivity index (χ3v) is 5.09. The first-order valence-corrected chi connectivity index (χ1v) is 10.6. The number of hydrogen-bond acceptors (Lipinski definition) is 6. The summed E-state index contributed by atoms with van der Waals surface area (Å²) in [6.07, 6.45) is 9.93. The second-order valence-electron chi connectivity index (χ2n) is 6.02. The van der Waals surface area contributed by atoms with Crippen LogP contribution in [0.4, 0.5) is 4.79 Å². The van der Waals surface area contributed by atoms with Gasteiger partial charge in [0.25, 0.3) is 10.1 Å². The summed E-state index contributed by atoms with van der Waals surface area (Å²) in [5, 5.41) is 16.7. The van der Waals surface area contributed by atoms with E-state index in [9.17, 15) is 8.42 Å². The van der Waals surface area contributed by atoms with Crippen molar-refractivity contribution in [2.45, 2.75) is 76.0 Å². The maximum absolute atomic E-state index is 11.9. The molecule has 0 unspecified atom stereocenters. The van der Waals surface area contributed by atoms with E-state index < -0.39 is 16.3 Å². The number of unbranched alkanes of at least 4 members (excludes halogenated alkanes) is 9.